The van der Waals surface area contributed by atoms with Gasteiger partial charge in [0.1, 0.15) is 5.69 Å². The second-order valence-electron chi connectivity index (χ2n) is 4.93. The van der Waals surface area contributed by atoms with E-state index in [1.54, 1.807) is 6.20 Å². The molecule has 0 fully saturated rings. The Bertz CT molecular complexity index is 949. The number of rotatable bonds is 4. The van der Waals surface area contributed by atoms with Gasteiger partial charge < -0.3 is 4.57 Å². The molecular weight excluding hydrogens is 340 g/mol. The van der Waals surface area contributed by atoms with Gasteiger partial charge in [0.25, 0.3) is 0 Å². The summed E-state index contributed by atoms with van der Waals surface area (Å²) in [5, 5.41) is 9.23. The summed E-state index contributed by atoms with van der Waals surface area (Å²) in [6, 6.07) is 15.6. The molecule has 0 amide bonds. The van der Waals surface area contributed by atoms with Crippen LogP contribution >= 0.6 is 23.3 Å². The van der Waals surface area contributed by atoms with E-state index in [1.165, 1.54) is 23.3 Å². The van der Waals surface area contributed by atoms with Crippen LogP contribution in [0.1, 0.15) is 0 Å². The van der Waals surface area contributed by atoms with Crippen LogP contribution < -0.4 is 0 Å². The maximum atomic E-state index is 4.57. The van der Waals surface area contributed by atoms with Crippen molar-refractivity contribution in [3.8, 4) is 22.9 Å². The van der Waals surface area contributed by atoms with E-state index in [-0.39, 0.29) is 0 Å². The highest BCUT2D eigenvalue weighted by molar-refractivity contribution is 8.00. The fourth-order valence-electron chi connectivity index (χ4n) is 2.16. The number of hydrogen-bond acceptors (Lipinski definition) is 7. The summed E-state index contributed by atoms with van der Waals surface area (Å²) in [6.45, 7) is 0. The van der Waals surface area contributed by atoms with Gasteiger partial charge >= 0.3 is 0 Å². The summed E-state index contributed by atoms with van der Waals surface area (Å²) in [6.07, 6.45) is 1.74. The van der Waals surface area contributed by atoms with Crippen molar-refractivity contribution in [2.24, 2.45) is 7.05 Å². The van der Waals surface area contributed by atoms with Crippen molar-refractivity contribution in [2.75, 3.05) is 0 Å². The molecule has 0 saturated carbocycles. The summed E-state index contributed by atoms with van der Waals surface area (Å²) in [7, 11) is 1.92. The number of aromatic nitrogens is 6. The molecule has 3 aromatic heterocycles. The molecule has 3 heterocycles. The van der Waals surface area contributed by atoms with E-state index in [9.17, 15) is 0 Å². The standard InChI is InChI=1S/C16H12N6S2/c1-22-14(12-9-5-6-10-17-12)19-20-15(22)23-16-18-13(21-24-16)11-7-3-2-4-8-11/h2-10H,1H3. The predicted octanol–water partition coefficient (Wildman–Crippen LogP) is 3.55. The van der Waals surface area contributed by atoms with E-state index >= 15 is 0 Å². The molecule has 8 heteroatoms. The highest BCUT2D eigenvalue weighted by atomic mass is 32.2. The normalized spacial score (nSPS) is 10.9. The quantitative estimate of drug-likeness (QED) is 0.559. The van der Waals surface area contributed by atoms with Gasteiger partial charge in [-0.15, -0.1) is 10.2 Å². The Labute approximate surface area is 146 Å². The third-order valence-electron chi connectivity index (χ3n) is 3.35. The minimum absolute atomic E-state index is 0.728. The number of hydrogen-bond donors (Lipinski definition) is 0. The molecule has 0 spiro atoms. The van der Waals surface area contributed by atoms with Gasteiger partial charge in [0.2, 0.25) is 0 Å². The second-order valence-corrected chi connectivity index (χ2v) is 6.90. The third kappa shape index (κ3) is 2.93. The van der Waals surface area contributed by atoms with Crippen molar-refractivity contribution in [2.45, 2.75) is 9.50 Å². The van der Waals surface area contributed by atoms with Crippen molar-refractivity contribution in [3.05, 3.63) is 54.7 Å². The Morgan fingerprint density at radius 1 is 1.00 bits per heavy atom. The smallest absolute Gasteiger partial charge is 0.198 e. The fourth-order valence-corrected chi connectivity index (χ4v) is 3.67. The molecule has 0 N–H and O–H groups in total. The van der Waals surface area contributed by atoms with Gasteiger partial charge in [-0.05, 0) is 35.4 Å². The average molecular weight is 352 g/mol. The zero-order chi connectivity index (χ0) is 16.4. The lowest BCUT2D eigenvalue weighted by atomic mass is 10.2. The van der Waals surface area contributed by atoms with Crippen LogP contribution in [0.5, 0.6) is 0 Å². The van der Waals surface area contributed by atoms with E-state index in [1.807, 2.05) is 60.1 Å². The Morgan fingerprint density at radius 3 is 2.62 bits per heavy atom. The molecule has 0 atom stereocenters. The molecule has 4 aromatic rings. The SMILES string of the molecule is Cn1c(Sc2nc(-c3ccccc3)ns2)nnc1-c1ccccn1. The van der Waals surface area contributed by atoms with Crippen LogP contribution in [0.2, 0.25) is 0 Å². The van der Waals surface area contributed by atoms with Gasteiger partial charge in [0, 0.05) is 18.8 Å². The molecule has 24 heavy (non-hydrogen) atoms. The minimum atomic E-state index is 0.728. The second kappa shape index (κ2) is 6.50. The molecule has 0 unspecified atom stereocenters. The van der Waals surface area contributed by atoms with Gasteiger partial charge in [-0.25, -0.2) is 4.98 Å². The first-order chi connectivity index (χ1) is 11.8. The molecule has 0 aliphatic carbocycles. The number of benzene rings is 1. The monoisotopic (exact) mass is 352 g/mol. The van der Waals surface area contributed by atoms with Crippen molar-refractivity contribution in [1.82, 2.24) is 29.1 Å². The Morgan fingerprint density at radius 2 is 1.83 bits per heavy atom. The first-order valence-corrected chi connectivity index (χ1v) is 8.78. The lowest BCUT2D eigenvalue weighted by Crippen LogP contribution is -1.95. The molecule has 0 saturated heterocycles. The van der Waals surface area contributed by atoms with Crippen LogP contribution in [-0.4, -0.2) is 29.1 Å². The predicted molar refractivity (Wildman–Crippen MR) is 93.7 cm³/mol. The van der Waals surface area contributed by atoms with Crippen LogP contribution in [0, 0.1) is 0 Å². The van der Waals surface area contributed by atoms with Crippen molar-refractivity contribution < 1.29 is 0 Å². The van der Waals surface area contributed by atoms with Gasteiger partial charge in [-0.2, -0.15) is 4.37 Å². The fraction of sp³-hybridized carbons (Fsp3) is 0.0625. The van der Waals surface area contributed by atoms with Gasteiger partial charge in [0.15, 0.2) is 21.1 Å². The maximum Gasteiger partial charge on any atom is 0.198 e. The molecule has 0 aliphatic heterocycles. The summed E-state index contributed by atoms with van der Waals surface area (Å²) < 4.78 is 7.16. The zero-order valence-corrected chi connectivity index (χ0v) is 14.3. The maximum absolute atomic E-state index is 4.57. The van der Waals surface area contributed by atoms with Crippen LogP contribution in [0.4, 0.5) is 0 Å². The first kappa shape index (κ1) is 15.0. The molecule has 4 rings (SSSR count). The first-order valence-electron chi connectivity index (χ1n) is 7.19. The Balaban J connectivity index is 1.59. The van der Waals surface area contributed by atoms with Crippen LogP contribution in [0.15, 0.2) is 64.2 Å². The highest BCUT2D eigenvalue weighted by Gasteiger charge is 2.15. The lowest BCUT2D eigenvalue weighted by Gasteiger charge is -2.01. The summed E-state index contributed by atoms with van der Waals surface area (Å²) >= 11 is 2.81. The number of pyridine rings is 1. The van der Waals surface area contributed by atoms with Gasteiger partial charge in [-0.3, -0.25) is 4.98 Å². The minimum Gasteiger partial charge on any atom is -0.304 e. The topological polar surface area (TPSA) is 69.4 Å². The number of nitrogens with zero attached hydrogens (tertiary/aromatic N) is 6. The molecular formula is C16H12N6S2. The molecule has 118 valence electrons. The Kier molecular flexibility index (Phi) is 4.06. The summed E-state index contributed by atoms with van der Waals surface area (Å²) in [5.74, 6) is 1.46. The highest BCUT2D eigenvalue weighted by Crippen LogP contribution is 2.31. The van der Waals surface area contributed by atoms with E-state index in [0.29, 0.717) is 0 Å². The summed E-state index contributed by atoms with van der Waals surface area (Å²) in [4.78, 5) is 8.89. The third-order valence-corrected chi connectivity index (χ3v) is 5.14. The molecule has 0 radical (unpaired) electrons. The van der Waals surface area contributed by atoms with Gasteiger partial charge in [-0.1, -0.05) is 36.4 Å². The van der Waals surface area contributed by atoms with Gasteiger partial charge in [0.05, 0.1) is 0 Å². The summed E-state index contributed by atoms with van der Waals surface area (Å²) in [5.41, 5.74) is 1.80. The molecule has 6 nitrogen and oxygen atoms in total. The van der Waals surface area contributed by atoms with Crippen LogP contribution in [-0.2, 0) is 7.05 Å². The Hall–Kier alpha value is -2.58. The van der Waals surface area contributed by atoms with Crippen molar-refractivity contribution in [1.29, 1.82) is 0 Å². The average Bonchev–Trinajstić information content (AvgIpc) is 3.25. The molecule has 0 bridgehead atoms. The van der Waals surface area contributed by atoms with Crippen molar-refractivity contribution in [3.63, 3.8) is 0 Å². The lowest BCUT2D eigenvalue weighted by molar-refractivity contribution is 0.792. The van der Waals surface area contributed by atoms with E-state index in [2.05, 4.69) is 24.5 Å². The van der Waals surface area contributed by atoms with Crippen molar-refractivity contribution >= 4 is 23.3 Å². The molecule has 1 aromatic carbocycles. The van der Waals surface area contributed by atoms with Crippen LogP contribution in [0.25, 0.3) is 22.9 Å². The zero-order valence-electron chi connectivity index (χ0n) is 12.7. The molecule has 0 aliphatic rings. The van der Waals surface area contributed by atoms with E-state index in [0.717, 1.165) is 32.4 Å². The van der Waals surface area contributed by atoms with E-state index < -0.39 is 0 Å². The van der Waals surface area contributed by atoms with Crippen LogP contribution in [0.3, 0.4) is 0 Å². The largest absolute Gasteiger partial charge is 0.304 e. The van der Waals surface area contributed by atoms with E-state index in [4.69, 9.17) is 0 Å².